The fourth-order valence-corrected chi connectivity index (χ4v) is 0.952. The molecule has 0 radical (unpaired) electrons. The lowest BCUT2D eigenvalue weighted by Gasteiger charge is -2.15. The van der Waals surface area contributed by atoms with Crippen molar-refractivity contribution < 1.29 is 26.7 Å². The predicted molar refractivity (Wildman–Crippen MR) is 50.4 cm³/mol. The van der Waals surface area contributed by atoms with Crippen molar-refractivity contribution in [1.29, 1.82) is 0 Å². The first-order valence-electron chi connectivity index (χ1n) is 4.27. The van der Waals surface area contributed by atoms with Crippen LogP contribution in [0.15, 0.2) is 18.2 Å². The van der Waals surface area contributed by atoms with Crippen LogP contribution in [0.5, 0.6) is 0 Å². The van der Waals surface area contributed by atoms with Crippen LogP contribution in [0.1, 0.15) is 0 Å². The summed E-state index contributed by atoms with van der Waals surface area (Å²) in [7, 11) is 0. The van der Waals surface area contributed by atoms with Gasteiger partial charge in [-0.2, -0.15) is 8.78 Å². The minimum absolute atomic E-state index is 0.344. The zero-order valence-electron chi connectivity index (χ0n) is 8.18. The lowest BCUT2D eigenvalue weighted by Crippen LogP contribution is -2.41. The fraction of sp³-hybridized carbons (Fsp3) is 0.222. The number of amides is 1. The van der Waals surface area contributed by atoms with Crippen LogP contribution >= 0.6 is 0 Å². The van der Waals surface area contributed by atoms with Gasteiger partial charge in [-0.3, -0.25) is 4.79 Å². The average Bonchev–Trinajstić information content (AvgIpc) is 2.21. The maximum absolute atomic E-state index is 12.6. The molecule has 1 aromatic rings. The van der Waals surface area contributed by atoms with Crippen LogP contribution in [-0.2, 0) is 4.79 Å². The molecule has 0 aromatic heterocycles. The number of anilines is 2. The van der Waals surface area contributed by atoms with Crippen LogP contribution in [0.4, 0.5) is 33.3 Å². The van der Waals surface area contributed by atoms with Gasteiger partial charge in [-0.25, -0.2) is 13.2 Å². The molecule has 0 atom stereocenters. The Bertz CT molecular complexity index is 435. The van der Waals surface area contributed by atoms with Crippen LogP contribution in [0, 0.1) is 5.82 Å². The van der Waals surface area contributed by atoms with Gasteiger partial charge >= 0.3 is 18.3 Å². The number of nitrogen functional groups attached to an aromatic ring is 1. The van der Waals surface area contributed by atoms with E-state index in [2.05, 4.69) is 0 Å². The Labute approximate surface area is 92.4 Å². The summed E-state index contributed by atoms with van der Waals surface area (Å²) in [5.74, 6) is -7.78. The number of carbonyl (C=O) groups is 1. The van der Waals surface area contributed by atoms with Gasteiger partial charge in [-0.1, -0.05) is 0 Å². The zero-order chi connectivity index (χ0) is 13.2. The number of hydrogen-bond acceptors (Lipinski definition) is 2. The van der Waals surface area contributed by atoms with E-state index < -0.39 is 24.1 Å². The Balaban J connectivity index is 2.89. The maximum Gasteiger partial charge on any atom is 0.383 e. The van der Waals surface area contributed by atoms with Crippen molar-refractivity contribution in [3.63, 3.8) is 0 Å². The van der Waals surface area contributed by atoms with Gasteiger partial charge in [-0.05, 0) is 18.2 Å². The molecule has 17 heavy (non-hydrogen) atoms. The number of carbonyl (C=O) groups excluding carboxylic acids is 1. The molecule has 1 rings (SSSR count). The number of benzene rings is 1. The number of hydrogen-bond donors (Lipinski definition) is 2. The molecule has 0 heterocycles. The van der Waals surface area contributed by atoms with Crippen LogP contribution in [0.25, 0.3) is 0 Å². The van der Waals surface area contributed by atoms with Crippen molar-refractivity contribution in [2.24, 2.45) is 0 Å². The SMILES string of the molecule is Nc1cc(F)ccc1NC(=O)C(F)(F)C(F)F. The molecule has 0 aliphatic heterocycles. The van der Waals surface area contributed by atoms with E-state index in [0.717, 1.165) is 18.2 Å². The first kappa shape index (κ1) is 13.2. The Morgan fingerprint density at radius 1 is 1.35 bits per heavy atom. The third-order valence-corrected chi connectivity index (χ3v) is 1.84. The highest BCUT2D eigenvalue weighted by molar-refractivity contribution is 5.98. The summed E-state index contributed by atoms with van der Waals surface area (Å²) in [5.41, 5.74) is 4.49. The average molecular weight is 254 g/mol. The van der Waals surface area contributed by atoms with Gasteiger partial charge in [0.25, 0.3) is 0 Å². The number of halogens is 5. The van der Waals surface area contributed by atoms with Gasteiger partial charge in [0.15, 0.2) is 0 Å². The molecule has 1 aromatic carbocycles. The van der Waals surface area contributed by atoms with Crippen molar-refractivity contribution in [2.75, 3.05) is 11.1 Å². The van der Waals surface area contributed by atoms with E-state index in [1.807, 2.05) is 0 Å². The second kappa shape index (κ2) is 4.56. The van der Waals surface area contributed by atoms with Gasteiger partial charge in [-0.15, -0.1) is 0 Å². The molecule has 3 N–H and O–H groups in total. The summed E-state index contributed by atoms with van der Waals surface area (Å²) in [6, 6.07) is 2.49. The first-order chi connectivity index (χ1) is 7.75. The summed E-state index contributed by atoms with van der Waals surface area (Å²) in [6.45, 7) is 0. The molecule has 0 fully saturated rings. The number of nitrogens with two attached hydrogens (primary N) is 1. The highest BCUT2D eigenvalue weighted by Gasteiger charge is 2.49. The predicted octanol–water partition coefficient (Wildman–Crippen LogP) is 2.25. The summed E-state index contributed by atoms with van der Waals surface area (Å²) < 4.78 is 61.4. The molecule has 1 amide bonds. The minimum atomic E-state index is -4.83. The van der Waals surface area contributed by atoms with Crippen molar-refractivity contribution in [2.45, 2.75) is 12.3 Å². The first-order valence-corrected chi connectivity index (χ1v) is 4.27. The summed E-state index contributed by atoms with van der Waals surface area (Å²) in [5, 5.41) is 1.50. The van der Waals surface area contributed by atoms with E-state index in [9.17, 15) is 26.7 Å². The largest absolute Gasteiger partial charge is 0.397 e. The van der Waals surface area contributed by atoms with E-state index in [1.54, 1.807) is 0 Å². The normalized spacial score (nSPS) is 11.6. The Morgan fingerprint density at radius 3 is 2.41 bits per heavy atom. The number of nitrogens with one attached hydrogen (secondary N) is 1. The van der Waals surface area contributed by atoms with Crippen LogP contribution < -0.4 is 11.1 Å². The highest BCUT2D eigenvalue weighted by atomic mass is 19.3. The molecule has 0 unspecified atom stereocenters. The standard InChI is InChI=1S/C9H7F5N2O/c10-4-1-2-6(5(15)3-4)16-8(17)9(13,14)7(11)12/h1-3,7H,15H2,(H,16,17). The van der Waals surface area contributed by atoms with Crippen molar-refractivity contribution in [1.82, 2.24) is 0 Å². The van der Waals surface area contributed by atoms with Crippen molar-refractivity contribution in [3.8, 4) is 0 Å². The van der Waals surface area contributed by atoms with E-state index in [0.29, 0.717) is 0 Å². The monoisotopic (exact) mass is 254 g/mol. The van der Waals surface area contributed by atoms with E-state index in [4.69, 9.17) is 5.73 Å². The Kier molecular flexibility index (Phi) is 3.54. The molecule has 0 saturated carbocycles. The van der Waals surface area contributed by atoms with Crippen LogP contribution in [-0.4, -0.2) is 18.3 Å². The molecular formula is C9H7F5N2O. The molecular weight excluding hydrogens is 247 g/mol. The summed E-state index contributed by atoms with van der Waals surface area (Å²) >= 11 is 0. The molecule has 0 bridgehead atoms. The third kappa shape index (κ3) is 2.83. The molecule has 3 nitrogen and oxygen atoms in total. The lowest BCUT2D eigenvalue weighted by atomic mass is 10.2. The zero-order valence-corrected chi connectivity index (χ0v) is 8.18. The second-order valence-corrected chi connectivity index (χ2v) is 3.11. The molecule has 0 saturated heterocycles. The van der Waals surface area contributed by atoms with Crippen molar-refractivity contribution >= 4 is 17.3 Å². The van der Waals surface area contributed by atoms with Gasteiger partial charge in [0.1, 0.15) is 5.82 Å². The smallest absolute Gasteiger partial charge is 0.383 e. The van der Waals surface area contributed by atoms with E-state index in [-0.39, 0.29) is 11.4 Å². The molecule has 0 aliphatic carbocycles. The van der Waals surface area contributed by atoms with Gasteiger partial charge in [0.05, 0.1) is 11.4 Å². The van der Waals surface area contributed by atoms with Crippen LogP contribution in [0.2, 0.25) is 0 Å². The van der Waals surface area contributed by atoms with Crippen LogP contribution in [0.3, 0.4) is 0 Å². The third-order valence-electron chi connectivity index (χ3n) is 1.84. The molecule has 94 valence electrons. The van der Waals surface area contributed by atoms with Gasteiger partial charge in [0, 0.05) is 0 Å². The molecule has 0 aliphatic rings. The van der Waals surface area contributed by atoms with E-state index >= 15 is 0 Å². The molecule has 0 spiro atoms. The lowest BCUT2D eigenvalue weighted by molar-refractivity contribution is -0.163. The van der Waals surface area contributed by atoms with Gasteiger partial charge in [0.2, 0.25) is 0 Å². The van der Waals surface area contributed by atoms with Crippen molar-refractivity contribution in [3.05, 3.63) is 24.0 Å². The Hall–Kier alpha value is -1.86. The topological polar surface area (TPSA) is 55.1 Å². The summed E-state index contributed by atoms with van der Waals surface area (Å²) in [6.07, 6.45) is -4.14. The quantitative estimate of drug-likeness (QED) is 0.642. The number of rotatable bonds is 3. The maximum atomic E-state index is 12.6. The number of alkyl halides is 4. The molecule has 8 heteroatoms. The highest BCUT2D eigenvalue weighted by Crippen LogP contribution is 2.26. The Morgan fingerprint density at radius 2 is 1.94 bits per heavy atom. The summed E-state index contributed by atoms with van der Waals surface area (Å²) in [4.78, 5) is 10.8. The minimum Gasteiger partial charge on any atom is -0.397 e. The van der Waals surface area contributed by atoms with Gasteiger partial charge < -0.3 is 11.1 Å². The van der Waals surface area contributed by atoms with E-state index in [1.165, 1.54) is 5.32 Å². The fourth-order valence-electron chi connectivity index (χ4n) is 0.952. The second-order valence-electron chi connectivity index (χ2n) is 3.11.